The molecule has 3 nitrogen and oxygen atoms in total. The van der Waals surface area contributed by atoms with Crippen molar-refractivity contribution in [2.45, 2.75) is 25.7 Å². The van der Waals surface area contributed by atoms with E-state index < -0.39 is 11.6 Å². The highest BCUT2D eigenvalue weighted by molar-refractivity contribution is 5.77. The monoisotopic (exact) mass is 301 g/mol. The molecule has 0 spiro atoms. The molecule has 1 atom stereocenters. The summed E-state index contributed by atoms with van der Waals surface area (Å²) in [6.07, 6.45) is 0. The predicted molar refractivity (Wildman–Crippen MR) is 84.1 cm³/mol. The average Bonchev–Trinajstić information content (AvgIpc) is 2.48. The summed E-state index contributed by atoms with van der Waals surface area (Å²) in [5.74, 6) is -1.43. The summed E-state index contributed by atoms with van der Waals surface area (Å²) in [5, 5.41) is 9.02. The standard InChI is InChI=1S/C18H20FNO2/c1-18(19,17(21)22)14-20(12-15-8-4-2-5-9-15)13-16-10-6-3-7-11-16/h2-11H,12-14H2,1H3,(H,21,22). The molecule has 116 valence electrons. The molecule has 0 aromatic heterocycles. The number of hydrogen-bond donors (Lipinski definition) is 1. The van der Waals surface area contributed by atoms with Crippen LogP contribution in [0.5, 0.6) is 0 Å². The van der Waals surface area contributed by atoms with Crippen LogP contribution in [0.2, 0.25) is 0 Å². The van der Waals surface area contributed by atoms with E-state index in [9.17, 15) is 9.18 Å². The number of halogens is 1. The first kappa shape index (κ1) is 16.2. The highest BCUT2D eigenvalue weighted by Crippen LogP contribution is 2.17. The third kappa shape index (κ3) is 4.67. The molecule has 2 rings (SSSR count). The molecule has 0 fully saturated rings. The van der Waals surface area contributed by atoms with E-state index in [4.69, 9.17) is 5.11 Å². The summed E-state index contributed by atoms with van der Waals surface area (Å²) in [6, 6.07) is 19.3. The smallest absolute Gasteiger partial charge is 0.342 e. The van der Waals surface area contributed by atoms with Gasteiger partial charge in [0.15, 0.2) is 0 Å². The van der Waals surface area contributed by atoms with Gasteiger partial charge in [0.2, 0.25) is 5.67 Å². The average molecular weight is 301 g/mol. The number of carbonyl (C=O) groups is 1. The maximum atomic E-state index is 14.2. The first-order valence-corrected chi connectivity index (χ1v) is 7.20. The number of nitrogens with zero attached hydrogens (tertiary/aromatic N) is 1. The van der Waals surface area contributed by atoms with Crippen LogP contribution < -0.4 is 0 Å². The summed E-state index contributed by atoms with van der Waals surface area (Å²) in [6.45, 7) is 1.95. The van der Waals surface area contributed by atoms with E-state index >= 15 is 0 Å². The first-order chi connectivity index (χ1) is 10.5. The minimum absolute atomic E-state index is 0.161. The third-order valence-electron chi connectivity index (χ3n) is 3.46. The van der Waals surface area contributed by atoms with E-state index in [1.54, 1.807) is 0 Å². The molecule has 0 radical (unpaired) electrons. The minimum atomic E-state index is -2.27. The topological polar surface area (TPSA) is 40.5 Å². The largest absolute Gasteiger partial charge is 0.479 e. The highest BCUT2D eigenvalue weighted by Gasteiger charge is 2.35. The van der Waals surface area contributed by atoms with Gasteiger partial charge >= 0.3 is 5.97 Å². The van der Waals surface area contributed by atoms with Crippen LogP contribution in [0.1, 0.15) is 18.1 Å². The van der Waals surface area contributed by atoms with Gasteiger partial charge in [0.1, 0.15) is 0 Å². The molecule has 0 saturated carbocycles. The quantitative estimate of drug-likeness (QED) is 0.851. The van der Waals surface area contributed by atoms with Gasteiger partial charge in [0, 0.05) is 19.6 Å². The van der Waals surface area contributed by atoms with Crippen molar-refractivity contribution < 1.29 is 14.3 Å². The molecule has 2 aromatic rings. The number of hydrogen-bond acceptors (Lipinski definition) is 2. The van der Waals surface area contributed by atoms with Gasteiger partial charge in [0.05, 0.1) is 0 Å². The second kappa shape index (κ2) is 7.18. The zero-order valence-electron chi connectivity index (χ0n) is 12.6. The van der Waals surface area contributed by atoms with Crippen molar-refractivity contribution in [1.82, 2.24) is 4.90 Å². The molecular weight excluding hydrogens is 281 g/mol. The molecule has 0 saturated heterocycles. The number of aliphatic carboxylic acids is 1. The van der Waals surface area contributed by atoms with E-state index in [0.717, 1.165) is 18.1 Å². The Bertz CT molecular complexity index is 557. The van der Waals surface area contributed by atoms with Crippen LogP contribution in [0.4, 0.5) is 4.39 Å². The lowest BCUT2D eigenvalue weighted by molar-refractivity contribution is -0.151. The Morgan fingerprint density at radius 1 is 1.00 bits per heavy atom. The van der Waals surface area contributed by atoms with Gasteiger partial charge in [-0.3, -0.25) is 4.90 Å². The SMILES string of the molecule is CC(F)(CN(Cc1ccccc1)Cc1ccccc1)C(=O)O. The van der Waals surface area contributed by atoms with Crippen molar-refractivity contribution in [2.24, 2.45) is 0 Å². The molecule has 0 aliphatic rings. The van der Waals surface area contributed by atoms with Crippen molar-refractivity contribution >= 4 is 5.97 Å². The molecule has 2 aromatic carbocycles. The number of benzene rings is 2. The number of carboxylic acid groups (broad SMARTS) is 1. The summed E-state index contributed by atoms with van der Waals surface area (Å²) in [4.78, 5) is 12.9. The summed E-state index contributed by atoms with van der Waals surface area (Å²) >= 11 is 0. The second-order valence-corrected chi connectivity index (χ2v) is 5.62. The van der Waals surface area contributed by atoms with Crippen LogP contribution in [0.15, 0.2) is 60.7 Å². The van der Waals surface area contributed by atoms with Crippen LogP contribution in [0, 0.1) is 0 Å². The predicted octanol–water partition coefficient (Wildman–Crippen LogP) is 3.50. The van der Waals surface area contributed by atoms with Gasteiger partial charge in [0.25, 0.3) is 0 Å². The normalized spacial score (nSPS) is 13.8. The molecular formula is C18H20FNO2. The van der Waals surface area contributed by atoms with Gasteiger partial charge in [-0.2, -0.15) is 0 Å². The lowest BCUT2D eigenvalue weighted by Crippen LogP contribution is -2.42. The van der Waals surface area contributed by atoms with E-state index in [2.05, 4.69) is 0 Å². The molecule has 0 bridgehead atoms. The molecule has 22 heavy (non-hydrogen) atoms. The number of carboxylic acids is 1. The molecule has 1 N–H and O–H groups in total. The van der Waals surface area contributed by atoms with Crippen LogP contribution in [0.25, 0.3) is 0 Å². The van der Waals surface area contributed by atoms with Gasteiger partial charge < -0.3 is 5.11 Å². The van der Waals surface area contributed by atoms with E-state index in [0.29, 0.717) is 13.1 Å². The fraction of sp³-hybridized carbons (Fsp3) is 0.278. The Morgan fingerprint density at radius 2 is 1.41 bits per heavy atom. The molecule has 0 aliphatic heterocycles. The van der Waals surface area contributed by atoms with Crippen LogP contribution in [-0.4, -0.2) is 28.2 Å². The van der Waals surface area contributed by atoms with Gasteiger partial charge in [-0.1, -0.05) is 60.7 Å². The minimum Gasteiger partial charge on any atom is -0.479 e. The maximum absolute atomic E-state index is 14.2. The second-order valence-electron chi connectivity index (χ2n) is 5.62. The Balaban J connectivity index is 2.15. The first-order valence-electron chi connectivity index (χ1n) is 7.20. The van der Waals surface area contributed by atoms with Crippen LogP contribution >= 0.6 is 0 Å². The molecule has 4 heteroatoms. The van der Waals surface area contributed by atoms with Gasteiger partial charge in [-0.15, -0.1) is 0 Å². The Morgan fingerprint density at radius 3 is 1.77 bits per heavy atom. The zero-order chi connectivity index (χ0) is 16.0. The third-order valence-corrected chi connectivity index (χ3v) is 3.46. The molecule has 1 unspecified atom stereocenters. The molecule has 0 heterocycles. The van der Waals surface area contributed by atoms with Crippen LogP contribution in [-0.2, 0) is 17.9 Å². The highest BCUT2D eigenvalue weighted by atomic mass is 19.1. The fourth-order valence-electron chi connectivity index (χ4n) is 2.34. The number of alkyl halides is 1. The van der Waals surface area contributed by atoms with Gasteiger partial charge in [-0.05, 0) is 18.1 Å². The van der Waals surface area contributed by atoms with Crippen molar-refractivity contribution in [2.75, 3.05) is 6.54 Å². The van der Waals surface area contributed by atoms with Crippen molar-refractivity contribution in [3.63, 3.8) is 0 Å². The Kier molecular flexibility index (Phi) is 5.28. The Hall–Kier alpha value is -2.20. The molecule has 0 aliphatic carbocycles. The van der Waals surface area contributed by atoms with E-state index in [1.165, 1.54) is 0 Å². The van der Waals surface area contributed by atoms with Gasteiger partial charge in [-0.25, -0.2) is 9.18 Å². The summed E-state index contributed by atoms with van der Waals surface area (Å²) in [5.41, 5.74) is -0.219. The van der Waals surface area contributed by atoms with Crippen molar-refractivity contribution in [1.29, 1.82) is 0 Å². The van der Waals surface area contributed by atoms with Crippen LogP contribution in [0.3, 0.4) is 0 Å². The number of rotatable bonds is 7. The lowest BCUT2D eigenvalue weighted by Gasteiger charge is -2.27. The van der Waals surface area contributed by atoms with E-state index in [1.807, 2.05) is 65.6 Å². The van der Waals surface area contributed by atoms with E-state index in [-0.39, 0.29) is 6.54 Å². The van der Waals surface area contributed by atoms with Crippen molar-refractivity contribution in [3.8, 4) is 0 Å². The summed E-state index contributed by atoms with van der Waals surface area (Å²) < 4.78 is 14.2. The molecule has 0 amide bonds. The maximum Gasteiger partial charge on any atom is 0.342 e. The fourth-order valence-corrected chi connectivity index (χ4v) is 2.34. The lowest BCUT2D eigenvalue weighted by atomic mass is 10.1. The zero-order valence-corrected chi connectivity index (χ0v) is 12.6. The Labute approximate surface area is 130 Å². The van der Waals surface area contributed by atoms with Crippen molar-refractivity contribution in [3.05, 3.63) is 71.8 Å². The summed E-state index contributed by atoms with van der Waals surface area (Å²) in [7, 11) is 0.